The first kappa shape index (κ1) is 14.5. The summed E-state index contributed by atoms with van der Waals surface area (Å²) in [4.78, 5) is 11.9. The lowest BCUT2D eigenvalue weighted by molar-refractivity contribution is -0.129. The molecule has 0 aliphatic heterocycles. The molecule has 100 valence electrons. The van der Waals surface area contributed by atoms with Gasteiger partial charge in [-0.1, -0.05) is 13.0 Å². The molecule has 1 atom stereocenters. The normalized spacial score (nSPS) is 12.2. The summed E-state index contributed by atoms with van der Waals surface area (Å²) in [7, 11) is 1.51. The molecular weight excluding hydrogens is 232 g/mol. The second kappa shape index (κ2) is 7.01. The van der Waals surface area contributed by atoms with Crippen molar-refractivity contribution in [2.45, 2.75) is 32.8 Å². The zero-order chi connectivity index (χ0) is 13.5. The van der Waals surface area contributed by atoms with Crippen LogP contribution in [0.25, 0.3) is 0 Å². The summed E-state index contributed by atoms with van der Waals surface area (Å²) in [5, 5.41) is 9.61. The Morgan fingerprint density at radius 2 is 2.11 bits per heavy atom. The topological polar surface area (TPSA) is 55.8 Å². The summed E-state index contributed by atoms with van der Waals surface area (Å²) in [5.41, 5.74) is 0.706. The van der Waals surface area contributed by atoms with Gasteiger partial charge in [0.2, 0.25) is 0 Å². The molecule has 0 aliphatic carbocycles. The van der Waals surface area contributed by atoms with Gasteiger partial charge < -0.3 is 14.6 Å². The number of aromatic hydroxyl groups is 1. The molecule has 0 bridgehead atoms. The average Bonchev–Trinajstić information content (AvgIpc) is 2.34. The van der Waals surface area contributed by atoms with Crippen molar-refractivity contribution in [3.8, 4) is 11.5 Å². The number of phenolic OH excluding ortho intramolecular Hbond substituents is 1. The first-order valence-electron chi connectivity index (χ1n) is 6.15. The summed E-state index contributed by atoms with van der Waals surface area (Å²) in [6.07, 6.45) is 0.670. The Morgan fingerprint density at radius 3 is 2.67 bits per heavy atom. The first-order valence-corrected chi connectivity index (χ1v) is 6.15. The van der Waals surface area contributed by atoms with Crippen LogP contribution in [-0.4, -0.2) is 24.6 Å². The van der Waals surface area contributed by atoms with Gasteiger partial charge >= 0.3 is 0 Å². The zero-order valence-corrected chi connectivity index (χ0v) is 11.1. The SMILES string of the molecule is CCCC(=O)C(OC)c1ccc(O)c(OCC)c1. The molecule has 0 aromatic heterocycles. The summed E-state index contributed by atoms with van der Waals surface area (Å²) >= 11 is 0. The Labute approximate surface area is 108 Å². The van der Waals surface area contributed by atoms with E-state index in [0.29, 0.717) is 24.3 Å². The van der Waals surface area contributed by atoms with Gasteiger partial charge in [0.1, 0.15) is 6.10 Å². The number of rotatable bonds is 7. The highest BCUT2D eigenvalue weighted by molar-refractivity contribution is 5.84. The Kier molecular flexibility index (Phi) is 5.65. The average molecular weight is 252 g/mol. The maximum atomic E-state index is 11.9. The molecule has 0 heterocycles. The number of ether oxygens (including phenoxy) is 2. The van der Waals surface area contributed by atoms with Crippen molar-refractivity contribution < 1.29 is 19.4 Å². The number of hydrogen-bond donors (Lipinski definition) is 1. The molecule has 0 spiro atoms. The summed E-state index contributed by atoms with van der Waals surface area (Å²) < 4.78 is 10.5. The first-order chi connectivity index (χ1) is 8.63. The fraction of sp³-hybridized carbons (Fsp3) is 0.500. The Hall–Kier alpha value is -1.55. The maximum Gasteiger partial charge on any atom is 0.166 e. The van der Waals surface area contributed by atoms with Crippen molar-refractivity contribution in [1.82, 2.24) is 0 Å². The van der Waals surface area contributed by atoms with E-state index >= 15 is 0 Å². The van der Waals surface area contributed by atoms with Crippen molar-refractivity contribution in [2.75, 3.05) is 13.7 Å². The van der Waals surface area contributed by atoms with E-state index in [1.54, 1.807) is 12.1 Å². The van der Waals surface area contributed by atoms with Crippen LogP contribution < -0.4 is 4.74 Å². The molecule has 0 amide bonds. The van der Waals surface area contributed by atoms with Gasteiger partial charge in [0.05, 0.1) is 6.61 Å². The quantitative estimate of drug-likeness (QED) is 0.810. The molecule has 0 aliphatic rings. The van der Waals surface area contributed by atoms with E-state index in [-0.39, 0.29) is 11.5 Å². The van der Waals surface area contributed by atoms with Crippen LogP contribution in [0.5, 0.6) is 11.5 Å². The maximum absolute atomic E-state index is 11.9. The van der Waals surface area contributed by atoms with Crippen LogP contribution in [0, 0.1) is 0 Å². The van der Waals surface area contributed by atoms with Gasteiger partial charge in [0, 0.05) is 13.5 Å². The third kappa shape index (κ3) is 3.47. The number of carbonyl (C=O) groups excluding carboxylic acids is 1. The third-order valence-corrected chi connectivity index (χ3v) is 2.61. The van der Waals surface area contributed by atoms with E-state index in [2.05, 4.69) is 0 Å². The standard InChI is InChI=1S/C14H20O4/c1-4-6-12(16)14(17-3)10-7-8-11(15)13(9-10)18-5-2/h7-9,14-15H,4-6H2,1-3H3. The zero-order valence-electron chi connectivity index (χ0n) is 11.1. The lowest BCUT2D eigenvalue weighted by atomic mass is 10.0. The van der Waals surface area contributed by atoms with Crippen LogP contribution in [0.3, 0.4) is 0 Å². The number of methoxy groups -OCH3 is 1. The molecular formula is C14H20O4. The minimum absolute atomic E-state index is 0.0353. The second-order valence-corrected chi connectivity index (χ2v) is 3.99. The molecule has 4 nitrogen and oxygen atoms in total. The van der Waals surface area contributed by atoms with E-state index in [9.17, 15) is 9.90 Å². The van der Waals surface area contributed by atoms with Crippen LogP contribution >= 0.6 is 0 Å². The van der Waals surface area contributed by atoms with E-state index in [0.717, 1.165) is 6.42 Å². The fourth-order valence-electron chi connectivity index (χ4n) is 1.80. The molecule has 0 saturated heterocycles. The number of ketones is 1. The summed E-state index contributed by atoms with van der Waals surface area (Å²) in [6, 6.07) is 4.85. The van der Waals surface area contributed by atoms with E-state index in [1.807, 2.05) is 13.8 Å². The minimum atomic E-state index is -0.593. The molecule has 1 aromatic rings. The fourth-order valence-corrected chi connectivity index (χ4v) is 1.80. The summed E-state index contributed by atoms with van der Waals surface area (Å²) in [5.74, 6) is 0.480. The van der Waals surface area contributed by atoms with Gasteiger partial charge in [-0.15, -0.1) is 0 Å². The van der Waals surface area contributed by atoms with Crippen LogP contribution in [0.1, 0.15) is 38.4 Å². The van der Waals surface area contributed by atoms with Crippen molar-refractivity contribution in [2.24, 2.45) is 0 Å². The van der Waals surface area contributed by atoms with Crippen LogP contribution in [0.2, 0.25) is 0 Å². The van der Waals surface area contributed by atoms with Gasteiger partial charge in [-0.3, -0.25) is 4.79 Å². The van der Waals surface area contributed by atoms with E-state index in [4.69, 9.17) is 9.47 Å². The molecule has 0 saturated carbocycles. The summed E-state index contributed by atoms with van der Waals surface area (Å²) in [6.45, 7) is 4.24. The highest BCUT2D eigenvalue weighted by Crippen LogP contribution is 2.31. The highest BCUT2D eigenvalue weighted by atomic mass is 16.5. The van der Waals surface area contributed by atoms with E-state index in [1.165, 1.54) is 13.2 Å². The van der Waals surface area contributed by atoms with Crippen molar-refractivity contribution >= 4 is 5.78 Å². The highest BCUT2D eigenvalue weighted by Gasteiger charge is 2.20. The molecule has 1 N–H and O–H groups in total. The van der Waals surface area contributed by atoms with E-state index < -0.39 is 6.10 Å². The van der Waals surface area contributed by atoms with Gasteiger partial charge in [-0.05, 0) is 31.0 Å². The van der Waals surface area contributed by atoms with Crippen LogP contribution in [-0.2, 0) is 9.53 Å². The molecule has 0 radical (unpaired) electrons. The predicted molar refractivity (Wildman–Crippen MR) is 68.9 cm³/mol. The van der Waals surface area contributed by atoms with Crippen LogP contribution in [0.15, 0.2) is 18.2 Å². The second-order valence-electron chi connectivity index (χ2n) is 3.99. The Bertz CT molecular complexity index is 401. The Morgan fingerprint density at radius 1 is 1.39 bits per heavy atom. The lowest BCUT2D eigenvalue weighted by Gasteiger charge is -2.16. The van der Waals surface area contributed by atoms with Crippen LogP contribution in [0.4, 0.5) is 0 Å². The largest absolute Gasteiger partial charge is 0.504 e. The van der Waals surface area contributed by atoms with Crippen molar-refractivity contribution in [1.29, 1.82) is 0 Å². The number of benzene rings is 1. The monoisotopic (exact) mass is 252 g/mol. The lowest BCUT2D eigenvalue weighted by Crippen LogP contribution is -2.14. The van der Waals surface area contributed by atoms with Gasteiger partial charge in [0.25, 0.3) is 0 Å². The molecule has 1 aromatic carbocycles. The van der Waals surface area contributed by atoms with Gasteiger partial charge in [-0.2, -0.15) is 0 Å². The number of hydrogen-bond acceptors (Lipinski definition) is 4. The molecule has 1 rings (SSSR count). The van der Waals surface area contributed by atoms with Gasteiger partial charge in [-0.25, -0.2) is 0 Å². The van der Waals surface area contributed by atoms with Crippen molar-refractivity contribution in [3.63, 3.8) is 0 Å². The molecule has 4 heteroatoms. The predicted octanol–water partition coefficient (Wildman–Crippen LogP) is 2.85. The smallest absolute Gasteiger partial charge is 0.166 e. The number of carbonyl (C=O) groups is 1. The molecule has 1 unspecified atom stereocenters. The number of Topliss-reactive ketones (excluding diaryl/α,β-unsaturated/α-hetero) is 1. The minimum Gasteiger partial charge on any atom is -0.504 e. The third-order valence-electron chi connectivity index (χ3n) is 2.61. The molecule has 0 fully saturated rings. The van der Waals surface area contributed by atoms with Gasteiger partial charge in [0.15, 0.2) is 17.3 Å². The Balaban J connectivity index is 2.99. The van der Waals surface area contributed by atoms with Crippen molar-refractivity contribution in [3.05, 3.63) is 23.8 Å². The molecule has 18 heavy (non-hydrogen) atoms. The number of phenols is 1.